The molecule has 1 aromatic carbocycles. The molecule has 1 saturated heterocycles. The van der Waals surface area contributed by atoms with Gasteiger partial charge in [-0.2, -0.15) is 4.31 Å². The molecule has 0 radical (unpaired) electrons. The number of furan rings is 1. The molecule has 3 rings (SSSR count). The van der Waals surface area contributed by atoms with E-state index in [1.165, 1.54) is 22.5 Å². The molecule has 10 heteroatoms. The van der Waals surface area contributed by atoms with Gasteiger partial charge in [-0.25, -0.2) is 8.42 Å². The molecule has 1 aliphatic rings. The lowest BCUT2D eigenvalue weighted by Crippen LogP contribution is -2.35. The summed E-state index contributed by atoms with van der Waals surface area (Å²) in [5, 5.41) is 5.42. The second-order valence-electron chi connectivity index (χ2n) is 6.00. The van der Waals surface area contributed by atoms with E-state index in [0.717, 1.165) is 19.3 Å². The van der Waals surface area contributed by atoms with Crippen molar-refractivity contribution in [1.29, 1.82) is 0 Å². The van der Waals surface area contributed by atoms with E-state index in [1.807, 2.05) is 0 Å². The second-order valence-corrected chi connectivity index (χ2v) is 9.13. The first-order chi connectivity index (χ1) is 12.9. The summed E-state index contributed by atoms with van der Waals surface area (Å²) in [7, 11) is -3.47. The average Bonchev–Trinajstić information content (AvgIpc) is 3.09. The summed E-state index contributed by atoms with van der Waals surface area (Å²) < 4.78 is 32.4. The van der Waals surface area contributed by atoms with Crippen molar-refractivity contribution in [2.45, 2.75) is 24.2 Å². The van der Waals surface area contributed by atoms with Crippen LogP contribution in [0.5, 0.6) is 0 Å². The SMILES string of the molecule is O=C(NC(=S)Nc1ccc(S(=O)(=O)N2CCCCC2)cc1)c1ccc(Br)o1. The minimum absolute atomic E-state index is 0.0826. The van der Waals surface area contributed by atoms with E-state index in [-0.39, 0.29) is 15.8 Å². The number of thiocarbonyl (C=S) groups is 1. The normalized spacial score (nSPS) is 15.3. The van der Waals surface area contributed by atoms with Gasteiger partial charge in [0.2, 0.25) is 10.0 Å². The number of amides is 1. The maximum Gasteiger partial charge on any atom is 0.293 e. The number of sulfonamides is 1. The Bertz CT molecular complexity index is 935. The lowest BCUT2D eigenvalue weighted by molar-refractivity contribution is 0.0949. The Hall–Kier alpha value is -1.75. The van der Waals surface area contributed by atoms with Crippen LogP contribution in [-0.2, 0) is 10.0 Å². The van der Waals surface area contributed by atoms with Crippen LogP contribution < -0.4 is 10.6 Å². The zero-order valence-electron chi connectivity index (χ0n) is 14.3. The summed E-state index contributed by atoms with van der Waals surface area (Å²) in [6.07, 6.45) is 2.84. The summed E-state index contributed by atoms with van der Waals surface area (Å²) in [5.74, 6) is -0.364. The molecule has 7 nitrogen and oxygen atoms in total. The largest absolute Gasteiger partial charge is 0.444 e. The molecule has 144 valence electrons. The second kappa shape index (κ2) is 8.51. The third-order valence-corrected chi connectivity index (χ3v) is 6.63. The molecular formula is C17H18BrN3O4S2. The van der Waals surface area contributed by atoms with E-state index in [9.17, 15) is 13.2 Å². The van der Waals surface area contributed by atoms with Crippen molar-refractivity contribution < 1.29 is 17.6 Å². The fourth-order valence-corrected chi connectivity index (χ4v) is 4.76. The van der Waals surface area contributed by atoms with Gasteiger partial charge in [-0.05, 0) is 77.4 Å². The van der Waals surface area contributed by atoms with E-state index < -0.39 is 15.9 Å². The Balaban J connectivity index is 1.61. The summed E-state index contributed by atoms with van der Waals surface area (Å²) >= 11 is 8.23. The minimum atomic E-state index is -3.47. The third kappa shape index (κ3) is 4.95. The quantitative estimate of drug-likeness (QED) is 0.664. The third-order valence-electron chi connectivity index (χ3n) is 4.09. The maximum atomic E-state index is 12.6. The van der Waals surface area contributed by atoms with Crippen molar-refractivity contribution in [3.8, 4) is 0 Å². The zero-order chi connectivity index (χ0) is 19.4. The molecule has 1 amide bonds. The molecule has 2 N–H and O–H groups in total. The van der Waals surface area contributed by atoms with Gasteiger partial charge in [0.15, 0.2) is 15.5 Å². The highest BCUT2D eigenvalue weighted by Gasteiger charge is 2.25. The molecular weight excluding hydrogens is 454 g/mol. The van der Waals surface area contributed by atoms with Crippen LogP contribution in [0, 0.1) is 0 Å². The first-order valence-electron chi connectivity index (χ1n) is 8.34. The highest BCUT2D eigenvalue weighted by molar-refractivity contribution is 9.10. The summed E-state index contributed by atoms with van der Waals surface area (Å²) in [6, 6.07) is 9.40. The summed E-state index contributed by atoms with van der Waals surface area (Å²) in [4.78, 5) is 12.2. The lowest BCUT2D eigenvalue weighted by Gasteiger charge is -2.25. The molecule has 0 bridgehead atoms. The minimum Gasteiger partial charge on any atom is -0.444 e. The topological polar surface area (TPSA) is 91.7 Å². The smallest absolute Gasteiger partial charge is 0.293 e. The van der Waals surface area contributed by atoms with Gasteiger partial charge in [0, 0.05) is 18.8 Å². The van der Waals surface area contributed by atoms with E-state index in [0.29, 0.717) is 23.4 Å². The Labute approximate surface area is 171 Å². The number of carbonyl (C=O) groups excluding carboxylic acids is 1. The van der Waals surface area contributed by atoms with Crippen molar-refractivity contribution in [2.75, 3.05) is 18.4 Å². The Morgan fingerprint density at radius 2 is 1.74 bits per heavy atom. The van der Waals surface area contributed by atoms with Crippen LogP contribution >= 0.6 is 28.1 Å². The fraction of sp³-hybridized carbons (Fsp3) is 0.294. The number of nitrogens with one attached hydrogen (secondary N) is 2. The van der Waals surface area contributed by atoms with Crippen molar-refractivity contribution in [1.82, 2.24) is 9.62 Å². The van der Waals surface area contributed by atoms with Crippen molar-refractivity contribution >= 4 is 54.9 Å². The predicted molar refractivity (Wildman–Crippen MR) is 109 cm³/mol. The van der Waals surface area contributed by atoms with Gasteiger partial charge in [-0.3, -0.25) is 10.1 Å². The number of nitrogens with zero attached hydrogens (tertiary/aromatic N) is 1. The number of halogens is 1. The molecule has 1 aromatic heterocycles. The van der Waals surface area contributed by atoms with Gasteiger partial charge >= 0.3 is 0 Å². The lowest BCUT2D eigenvalue weighted by atomic mass is 10.2. The van der Waals surface area contributed by atoms with E-state index in [1.54, 1.807) is 18.2 Å². The Kier molecular flexibility index (Phi) is 6.30. The first kappa shape index (κ1) is 20.0. The van der Waals surface area contributed by atoms with Crippen LogP contribution in [-0.4, -0.2) is 36.8 Å². The highest BCUT2D eigenvalue weighted by Crippen LogP contribution is 2.22. The van der Waals surface area contributed by atoms with Gasteiger partial charge in [-0.1, -0.05) is 6.42 Å². The first-order valence-corrected chi connectivity index (χ1v) is 11.0. The Morgan fingerprint density at radius 3 is 2.33 bits per heavy atom. The van der Waals surface area contributed by atoms with Crippen LogP contribution in [0.1, 0.15) is 29.8 Å². The monoisotopic (exact) mass is 471 g/mol. The van der Waals surface area contributed by atoms with Gasteiger partial charge in [0.1, 0.15) is 0 Å². The molecule has 0 atom stereocenters. The molecule has 2 heterocycles. The van der Waals surface area contributed by atoms with Gasteiger partial charge < -0.3 is 9.73 Å². The number of anilines is 1. The molecule has 0 saturated carbocycles. The number of piperidine rings is 1. The number of rotatable bonds is 4. The molecule has 0 spiro atoms. The molecule has 1 fully saturated rings. The van der Waals surface area contributed by atoms with Crippen molar-refractivity contribution in [2.24, 2.45) is 0 Å². The van der Waals surface area contributed by atoms with Crippen LogP contribution in [0.3, 0.4) is 0 Å². The number of hydrogen-bond acceptors (Lipinski definition) is 5. The molecule has 2 aromatic rings. The maximum absolute atomic E-state index is 12.6. The van der Waals surface area contributed by atoms with Crippen molar-refractivity contribution in [3.63, 3.8) is 0 Å². The van der Waals surface area contributed by atoms with E-state index in [2.05, 4.69) is 26.6 Å². The zero-order valence-corrected chi connectivity index (χ0v) is 17.5. The summed E-state index contributed by atoms with van der Waals surface area (Å²) in [6.45, 7) is 1.11. The number of benzene rings is 1. The summed E-state index contributed by atoms with van der Waals surface area (Å²) in [5.41, 5.74) is 0.568. The van der Waals surface area contributed by atoms with Crippen LogP contribution in [0.25, 0.3) is 0 Å². The van der Waals surface area contributed by atoms with Crippen molar-refractivity contribution in [3.05, 3.63) is 46.8 Å². The molecule has 1 aliphatic heterocycles. The van der Waals surface area contributed by atoms with E-state index >= 15 is 0 Å². The highest BCUT2D eigenvalue weighted by atomic mass is 79.9. The molecule has 0 unspecified atom stereocenters. The number of carbonyl (C=O) groups is 1. The standard InChI is InChI=1S/C17H18BrN3O4S2/c18-15-9-8-14(25-15)16(22)20-17(26)19-12-4-6-13(7-5-12)27(23,24)21-10-2-1-3-11-21/h4-9H,1-3,10-11H2,(H2,19,20,22,26). The number of hydrogen-bond donors (Lipinski definition) is 2. The average molecular weight is 472 g/mol. The van der Waals surface area contributed by atoms with Gasteiger partial charge in [0.05, 0.1) is 4.90 Å². The predicted octanol–water partition coefficient (Wildman–Crippen LogP) is 3.34. The van der Waals surface area contributed by atoms with Crippen LogP contribution in [0.2, 0.25) is 0 Å². The fourth-order valence-electron chi connectivity index (χ4n) is 2.73. The van der Waals surface area contributed by atoms with Crippen LogP contribution in [0.15, 0.2) is 50.4 Å². The van der Waals surface area contributed by atoms with Gasteiger partial charge in [-0.15, -0.1) is 0 Å². The molecule has 0 aliphatic carbocycles. The van der Waals surface area contributed by atoms with Gasteiger partial charge in [0.25, 0.3) is 5.91 Å². The van der Waals surface area contributed by atoms with E-state index in [4.69, 9.17) is 16.6 Å². The Morgan fingerprint density at radius 1 is 1.07 bits per heavy atom. The van der Waals surface area contributed by atoms with Crippen LogP contribution in [0.4, 0.5) is 5.69 Å². The molecule has 27 heavy (non-hydrogen) atoms.